The highest BCUT2D eigenvalue weighted by molar-refractivity contribution is 8.00. The van der Waals surface area contributed by atoms with Crippen molar-refractivity contribution in [1.82, 2.24) is 9.88 Å². The van der Waals surface area contributed by atoms with Crippen LogP contribution in [0.2, 0.25) is 0 Å². The average molecular weight is 284 g/mol. The molecule has 102 valence electrons. The maximum absolute atomic E-state index is 12.1. The standard InChI is InChI=1S/C16H16N2OS/c19-15-12-20-16(14-6-2-1-3-7-14)18(15)10-8-13-5-4-9-17-11-13/h1-7,9,11,16H,8,10,12H2. The lowest BCUT2D eigenvalue weighted by Crippen LogP contribution is -2.30. The largest absolute Gasteiger partial charge is 0.325 e. The number of benzene rings is 1. The molecule has 0 saturated carbocycles. The molecule has 20 heavy (non-hydrogen) atoms. The first-order valence-electron chi connectivity index (χ1n) is 6.69. The Balaban J connectivity index is 1.71. The zero-order valence-electron chi connectivity index (χ0n) is 11.1. The average Bonchev–Trinajstić information content (AvgIpc) is 2.88. The molecule has 1 saturated heterocycles. The van der Waals surface area contributed by atoms with E-state index in [-0.39, 0.29) is 11.3 Å². The van der Waals surface area contributed by atoms with Gasteiger partial charge in [0.1, 0.15) is 5.37 Å². The Morgan fingerprint density at radius 3 is 2.80 bits per heavy atom. The maximum Gasteiger partial charge on any atom is 0.233 e. The van der Waals surface area contributed by atoms with Crippen molar-refractivity contribution in [3.63, 3.8) is 0 Å². The molecule has 0 aliphatic carbocycles. The number of carbonyl (C=O) groups is 1. The Kier molecular flexibility index (Phi) is 4.02. The van der Waals surface area contributed by atoms with Crippen molar-refractivity contribution in [2.24, 2.45) is 0 Å². The fraction of sp³-hybridized carbons (Fsp3) is 0.250. The fourth-order valence-corrected chi connectivity index (χ4v) is 3.60. The van der Waals surface area contributed by atoms with Crippen molar-refractivity contribution in [3.8, 4) is 0 Å². The number of rotatable bonds is 4. The number of hydrogen-bond acceptors (Lipinski definition) is 3. The van der Waals surface area contributed by atoms with Crippen LogP contribution in [0.15, 0.2) is 54.9 Å². The molecule has 0 spiro atoms. The first-order chi connectivity index (χ1) is 9.84. The minimum atomic E-state index is 0.153. The number of carbonyl (C=O) groups excluding carboxylic acids is 1. The van der Waals surface area contributed by atoms with Crippen LogP contribution in [0.25, 0.3) is 0 Å². The monoisotopic (exact) mass is 284 g/mol. The smallest absolute Gasteiger partial charge is 0.233 e. The van der Waals surface area contributed by atoms with E-state index in [2.05, 4.69) is 23.2 Å². The van der Waals surface area contributed by atoms with Crippen molar-refractivity contribution < 1.29 is 4.79 Å². The summed E-state index contributed by atoms with van der Waals surface area (Å²) in [4.78, 5) is 18.2. The Labute approximate surface area is 123 Å². The molecule has 1 aliphatic heterocycles. The zero-order valence-corrected chi connectivity index (χ0v) is 11.9. The van der Waals surface area contributed by atoms with Crippen LogP contribution in [0.5, 0.6) is 0 Å². The third kappa shape index (κ3) is 2.85. The molecule has 0 radical (unpaired) electrons. The van der Waals surface area contributed by atoms with Gasteiger partial charge in [0.15, 0.2) is 0 Å². The maximum atomic E-state index is 12.1. The summed E-state index contributed by atoms with van der Waals surface area (Å²) in [6.45, 7) is 0.747. The zero-order chi connectivity index (χ0) is 13.8. The number of nitrogens with zero attached hydrogens (tertiary/aromatic N) is 2. The van der Waals surface area contributed by atoms with E-state index >= 15 is 0 Å². The molecule has 1 amide bonds. The lowest BCUT2D eigenvalue weighted by Gasteiger charge is -2.24. The SMILES string of the molecule is O=C1CSC(c2ccccc2)N1CCc1cccnc1. The number of hydrogen-bond donors (Lipinski definition) is 0. The molecule has 1 aromatic carbocycles. The van der Waals surface area contributed by atoms with Crippen LogP contribution in [0.1, 0.15) is 16.5 Å². The highest BCUT2D eigenvalue weighted by atomic mass is 32.2. The molecule has 1 aliphatic rings. The van der Waals surface area contributed by atoms with Crippen LogP contribution in [-0.2, 0) is 11.2 Å². The van der Waals surface area contributed by atoms with E-state index in [1.54, 1.807) is 18.0 Å². The summed E-state index contributed by atoms with van der Waals surface area (Å²) >= 11 is 1.71. The van der Waals surface area contributed by atoms with Gasteiger partial charge in [-0.25, -0.2) is 0 Å². The van der Waals surface area contributed by atoms with Crippen LogP contribution >= 0.6 is 11.8 Å². The van der Waals surface area contributed by atoms with Crippen molar-refractivity contribution in [1.29, 1.82) is 0 Å². The first-order valence-corrected chi connectivity index (χ1v) is 7.74. The lowest BCUT2D eigenvalue weighted by molar-refractivity contribution is -0.128. The second kappa shape index (κ2) is 6.09. The van der Waals surface area contributed by atoms with Crippen LogP contribution in [-0.4, -0.2) is 28.1 Å². The minimum absolute atomic E-state index is 0.153. The Hall–Kier alpha value is -1.81. The molecule has 4 heteroatoms. The number of aromatic nitrogens is 1. The van der Waals surface area contributed by atoms with Gasteiger partial charge in [-0.1, -0.05) is 36.4 Å². The van der Waals surface area contributed by atoms with Gasteiger partial charge in [0.25, 0.3) is 0 Å². The van der Waals surface area contributed by atoms with E-state index in [1.165, 1.54) is 11.1 Å². The first kappa shape index (κ1) is 13.2. The minimum Gasteiger partial charge on any atom is -0.325 e. The van der Waals surface area contributed by atoms with Gasteiger partial charge in [-0.3, -0.25) is 9.78 Å². The third-order valence-corrected chi connectivity index (χ3v) is 4.67. The molecule has 1 aromatic heterocycles. The molecule has 1 unspecified atom stereocenters. The van der Waals surface area contributed by atoms with Crippen LogP contribution in [0.4, 0.5) is 0 Å². The van der Waals surface area contributed by atoms with Crippen molar-refractivity contribution in [3.05, 3.63) is 66.0 Å². The molecule has 3 rings (SSSR count). The topological polar surface area (TPSA) is 33.2 Å². The Bertz CT molecular complexity index is 574. The summed E-state index contributed by atoms with van der Waals surface area (Å²) < 4.78 is 0. The molecular formula is C16H16N2OS. The van der Waals surface area contributed by atoms with Gasteiger partial charge in [0.05, 0.1) is 5.75 Å². The summed E-state index contributed by atoms with van der Waals surface area (Å²) in [6.07, 6.45) is 4.49. The molecular weight excluding hydrogens is 268 g/mol. The third-order valence-electron chi connectivity index (χ3n) is 3.42. The highest BCUT2D eigenvalue weighted by Gasteiger charge is 2.32. The molecule has 2 aromatic rings. The van der Waals surface area contributed by atoms with E-state index in [9.17, 15) is 4.79 Å². The summed E-state index contributed by atoms with van der Waals surface area (Å²) in [5.74, 6) is 0.805. The predicted molar refractivity (Wildman–Crippen MR) is 81.3 cm³/mol. The summed E-state index contributed by atoms with van der Waals surface area (Å²) in [7, 11) is 0. The second-order valence-corrected chi connectivity index (χ2v) is 5.84. The molecule has 3 nitrogen and oxygen atoms in total. The van der Waals surface area contributed by atoms with E-state index in [0.717, 1.165) is 13.0 Å². The van der Waals surface area contributed by atoms with Crippen LogP contribution in [0.3, 0.4) is 0 Å². The van der Waals surface area contributed by atoms with E-state index in [4.69, 9.17) is 0 Å². The summed E-state index contributed by atoms with van der Waals surface area (Å²) in [6, 6.07) is 14.2. The highest BCUT2D eigenvalue weighted by Crippen LogP contribution is 2.38. The molecule has 1 fully saturated rings. The number of amides is 1. The van der Waals surface area contributed by atoms with Crippen molar-refractivity contribution in [2.75, 3.05) is 12.3 Å². The quantitative estimate of drug-likeness (QED) is 0.865. The Morgan fingerprint density at radius 1 is 1.20 bits per heavy atom. The van der Waals surface area contributed by atoms with E-state index < -0.39 is 0 Å². The van der Waals surface area contributed by atoms with Gasteiger partial charge < -0.3 is 4.90 Å². The summed E-state index contributed by atoms with van der Waals surface area (Å²) in [5, 5.41) is 0.153. The lowest BCUT2D eigenvalue weighted by atomic mass is 10.1. The predicted octanol–water partition coefficient (Wildman–Crippen LogP) is 2.90. The number of pyridine rings is 1. The van der Waals surface area contributed by atoms with Gasteiger partial charge >= 0.3 is 0 Å². The Morgan fingerprint density at radius 2 is 2.05 bits per heavy atom. The molecule has 2 heterocycles. The van der Waals surface area contributed by atoms with Crippen molar-refractivity contribution in [2.45, 2.75) is 11.8 Å². The normalized spacial score (nSPS) is 18.5. The second-order valence-electron chi connectivity index (χ2n) is 4.77. The van der Waals surface area contributed by atoms with Crippen molar-refractivity contribution >= 4 is 17.7 Å². The van der Waals surface area contributed by atoms with Gasteiger partial charge in [-0.2, -0.15) is 0 Å². The fourth-order valence-electron chi connectivity index (χ4n) is 2.39. The molecule has 0 bridgehead atoms. The molecule has 1 atom stereocenters. The van der Waals surface area contributed by atoms with Crippen LogP contribution in [0, 0.1) is 0 Å². The van der Waals surface area contributed by atoms with Gasteiger partial charge in [0.2, 0.25) is 5.91 Å². The van der Waals surface area contributed by atoms with Crippen LogP contribution < -0.4 is 0 Å². The van der Waals surface area contributed by atoms with E-state index in [1.807, 2.05) is 35.4 Å². The van der Waals surface area contributed by atoms with E-state index in [0.29, 0.717) is 5.75 Å². The van der Waals surface area contributed by atoms with Gasteiger partial charge in [0, 0.05) is 18.9 Å². The molecule has 0 N–H and O–H groups in total. The van der Waals surface area contributed by atoms with Gasteiger partial charge in [-0.15, -0.1) is 11.8 Å². The number of thioether (sulfide) groups is 1. The summed E-state index contributed by atoms with van der Waals surface area (Å²) in [5.41, 5.74) is 2.37. The van der Waals surface area contributed by atoms with Gasteiger partial charge in [-0.05, 0) is 23.6 Å².